The maximum Gasteiger partial charge on any atom is 0.306 e. The van der Waals surface area contributed by atoms with Crippen molar-refractivity contribution in [2.45, 2.75) is 19.4 Å². The molecule has 0 radical (unpaired) electrons. The van der Waals surface area contributed by atoms with Gasteiger partial charge >= 0.3 is 5.97 Å². The summed E-state index contributed by atoms with van der Waals surface area (Å²) in [6.07, 6.45) is -0.488. The number of ether oxygens (including phenoxy) is 1. The maximum absolute atomic E-state index is 12.3. The fourth-order valence-electron chi connectivity index (χ4n) is 2.18. The molecule has 1 heterocycles. The maximum atomic E-state index is 12.3. The van der Waals surface area contributed by atoms with Crippen molar-refractivity contribution in [3.8, 4) is 0 Å². The lowest BCUT2D eigenvalue weighted by Crippen LogP contribution is -2.46. The molecular formula is C14H17NO4. The fraction of sp³-hybridized carbons (Fsp3) is 0.429. The van der Waals surface area contributed by atoms with E-state index in [1.54, 1.807) is 11.0 Å². The van der Waals surface area contributed by atoms with Gasteiger partial charge < -0.3 is 14.7 Å². The third-order valence-corrected chi connectivity index (χ3v) is 3.09. The Hall–Kier alpha value is -1.88. The Labute approximate surface area is 111 Å². The number of nitrogens with zero attached hydrogens (tertiary/aromatic N) is 1. The molecule has 1 aliphatic heterocycles. The van der Waals surface area contributed by atoms with Crippen LogP contribution in [0.1, 0.15) is 22.3 Å². The van der Waals surface area contributed by atoms with E-state index in [9.17, 15) is 9.59 Å². The summed E-state index contributed by atoms with van der Waals surface area (Å²) in [4.78, 5) is 24.6. The Bertz CT molecular complexity index is 486. The molecule has 102 valence electrons. The summed E-state index contributed by atoms with van der Waals surface area (Å²) < 4.78 is 5.35. The molecule has 19 heavy (non-hydrogen) atoms. The average molecular weight is 263 g/mol. The van der Waals surface area contributed by atoms with Gasteiger partial charge in [-0.3, -0.25) is 9.59 Å². The third-order valence-electron chi connectivity index (χ3n) is 3.09. The van der Waals surface area contributed by atoms with E-state index >= 15 is 0 Å². The van der Waals surface area contributed by atoms with Crippen LogP contribution in [0.2, 0.25) is 0 Å². The number of rotatable bonds is 3. The number of aryl methyl sites for hydroxylation is 1. The number of hydrogen-bond acceptors (Lipinski definition) is 3. The van der Waals surface area contributed by atoms with Crippen LogP contribution in [0.4, 0.5) is 0 Å². The lowest BCUT2D eigenvalue weighted by Gasteiger charge is -2.32. The number of hydrogen-bond donors (Lipinski definition) is 1. The van der Waals surface area contributed by atoms with Crippen molar-refractivity contribution in [3.05, 3.63) is 35.4 Å². The minimum absolute atomic E-state index is 0.0672. The zero-order valence-electron chi connectivity index (χ0n) is 10.8. The van der Waals surface area contributed by atoms with Crippen LogP contribution in [0.15, 0.2) is 24.3 Å². The van der Waals surface area contributed by atoms with Crippen LogP contribution in [0, 0.1) is 6.92 Å². The van der Waals surface area contributed by atoms with Crippen molar-refractivity contribution in [1.29, 1.82) is 0 Å². The first-order valence-corrected chi connectivity index (χ1v) is 6.25. The highest BCUT2D eigenvalue weighted by Gasteiger charge is 2.26. The molecule has 1 aliphatic rings. The molecule has 0 bridgehead atoms. The monoisotopic (exact) mass is 263 g/mol. The minimum Gasteiger partial charge on any atom is -0.481 e. The van der Waals surface area contributed by atoms with Crippen LogP contribution in [0.3, 0.4) is 0 Å². The topological polar surface area (TPSA) is 66.8 Å². The highest BCUT2D eigenvalue weighted by molar-refractivity contribution is 5.94. The summed E-state index contributed by atoms with van der Waals surface area (Å²) in [5.74, 6) is -0.975. The Morgan fingerprint density at radius 1 is 1.47 bits per heavy atom. The van der Waals surface area contributed by atoms with Crippen LogP contribution in [0.25, 0.3) is 0 Å². The van der Waals surface area contributed by atoms with E-state index < -0.39 is 12.1 Å². The number of morpholine rings is 1. The van der Waals surface area contributed by atoms with Gasteiger partial charge in [-0.15, -0.1) is 0 Å². The van der Waals surface area contributed by atoms with Gasteiger partial charge in [0.1, 0.15) is 0 Å². The molecule has 5 nitrogen and oxygen atoms in total. The predicted molar refractivity (Wildman–Crippen MR) is 69.1 cm³/mol. The lowest BCUT2D eigenvalue weighted by atomic mass is 10.1. The van der Waals surface area contributed by atoms with Gasteiger partial charge in [-0.1, -0.05) is 17.7 Å². The van der Waals surface area contributed by atoms with Gasteiger partial charge in [0.2, 0.25) is 0 Å². The summed E-state index contributed by atoms with van der Waals surface area (Å²) >= 11 is 0. The quantitative estimate of drug-likeness (QED) is 0.893. The van der Waals surface area contributed by atoms with Gasteiger partial charge in [-0.05, 0) is 19.1 Å². The molecular weight excluding hydrogens is 246 g/mol. The average Bonchev–Trinajstić information content (AvgIpc) is 2.37. The number of amides is 1. The zero-order valence-corrected chi connectivity index (χ0v) is 10.8. The highest BCUT2D eigenvalue weighted by Crippen LogP contribution is 2.13. The van der Waals surface area contributed by atoms with E-state index in [2.05, 4.69) is 0 Å². The van der Waals surface area contributed by atoms with Crippen LogP contribution < -0.4 is 0 Å². The van der Waals surface area contributed by atoms with Crippen molar-refractivity contribution >= 4 is 11.9 Å². The molecule has 0 spiro atoms. The van der Waals surface area contributed by atoms with Gasteiger partial charge in [0.05, 0.1) is 19.1 Å². The standard InChI is InChI=1S/C14H17NO4/c1-10-3-2-4-11(7-10)14(18)15-5-6-19-12(9-15)8-13(16)17/h2-4,7,12H,5-6,8-9H2,1H3,(H,16,17)/t12-/m1/s1. The molecule has 1 aromatic rings. The Kier molecular flexibility index (Phi) is 4.16. The second-order valence-electron chi connectivity index (χ2n) is 4.71. The molecule has 1 saturated heterocycles. The molecule has 0 saturated carbocycles. The first-order chi connectivity index (χ1) is 9.06. The van der Waals surface area contributed by atoms with E-state index in [1.165, 1.54) is 0 Å². The third kappa shape index (κ3) is 3.54. The smallest absolute Gasteiger partial charge is 0.306 e. The number of aliphatic carboxylic acids is 1. The largest absolute Gasteiger partial charge is 0.481 e. The Balaban J connectivity index is 2.04. The van der Waals surface area contributed by atoms with Crippen molar-refractivity contribution in [2.75, 3.05) is 19.7 Å². The SMILES string of the molecule is Cc1cccc(C(=O)N2CCO[C@H](CC(=O)O)C2)c1. The van der Waals surface area contributed by atoms with Crippen molar-refractivity contribution in [1.82, 2.24) is 4.90 Å². The number of benzene rings is 1. The van der Waals surface area contributed by atoms with Gasteiger partial charge in [-0.25, -0.2) is 0 Å². The van der Waals surface area contributed by atoms with Crippen LogP contribution in [-0.4, -0.2) is 47.7 Å². The van der Waals surface area contributed by atoms with E-state index in [4.69, 9.17) is 9.84 Å². The number of carbonyl (C=O) groups excluding carboxylic acids is 1. The molecule has 5 heteroatoms. The van der Waals surface area contributed by atoms with E-state index in [1.807, 2.05) is 25.1 Å². The van der Waals surface area contributed by atoms with E-state index in [-0.39, 0.29) is 12.3 Å². The molecule has 0 aliphatic carbocycles. The summed E-state index contributed by atoms with van der Waals surface area (Å²) in [6, 6.07) is 7.39. The van der Waals surface area contributed by atoms with Crippen LogP contribution in [0.5, 0.6) is 0 Å². The molecule has 2 rings (SSSR count). The molecule has 1 fully saturated rings. The molecule has 0 unspecified atom stereocenters. The Morgan fingerprint density at radius 3 is 2.95 bits per heavy atom. The number of carboxylic acid groups (broad SMARTS) is 1. The van der Waals surface area contributed by atoms with Crippen molar-refractivity contribution in [2.24, 2.45) is 0 Å². The van der Waals surface area contributed by atoms with Gasteiger partial charge in [0.25, 0.3) is 5.91 Å². The first kappa shape index (κ1) is 13.5. The van der Waals surface area contributed by atoms with Gasteiger partial charge in [-0.2, -0.15) is 0 Å². The Morgan fingerprint density at radius 2 is 2.26 bits per heavy atom. The van der Waals surface area contributed by atoms with E-state index in [0.717, 1.165) is 5.56 Å². The molecule has 1 N–H and O–H groups in total. The second kappa shape index (κ2) is 5.84. The van der Waals surface area contributed by atoms with Gasteiger partial charge in [0.15, 0.2) is 0 Å². The highest BCUT2D eigenvalue weighted by atomic mass is 16.5. The van der Waals surface area contributed by atoms with E-state index in [0.29, 0.717) is 25.3 Å². The van der Waals surface area contributed by atoms with Crippen molar-refractivity contribution < 1.29 is 19.4 Å². The molecule has 1 aromatic carbocycles. The van der Waals surface area contributed by atoms with Crippen LogP contribution in [-0.2, 0) is 9.53 Å². The summed E-state index contributed by atoms with van der Waals surface area (Å²) in [6.45, 7) is 3.15. The lowest BCUT2D eigenvalue weighted by molar-refractivity contribution is -0.141. The zero-order chi connectivity index (χ0) is 13.8. The fourth-order valence-corrected chi connectivity index (χ4v) is 2.18. The molecule has 1 amide bonds. The minimum atomic E-state index is -0.908. The van der Waals surface area contributed by atoms with Gasteiger partial charge in [0, 0.05) is 18.7 Å². The number of carboxylic acids is 1. The normalized spacial score (nSPS) is 19.2. The predicted octanol–water partition coefficient (Wildman–Crippen LogP) is 1.31. The van der Waals surface area contributed by atoms with Crippen LogP contribution >= 0.6 is 0 Å². The first-order valence-electron chi connectivity index (χ1n) is 6.25. The number of carbonyl (C=O) groups is 2. The summed E-state index contributed by atoms with van der Waals surface area (Å²) in [5, 5.41) is 8.76. The molecule has 0 aromatic heterocycles. The summed E-state index contributed by atoms with van der Waals surface area (Å²) in [5.41, 5.74) is 1.66. The van der Waals surface area contributed by atoms with Crippen molar-refractivity contribution in [3.63, 3.8) is 0 Å². The second-order valence-corrected chi connectivity index (χ2v) is 4.71. The molecule has 1 atom stereocenters. The summed E-state index contributed by atoms with van der Waals surface area (Å²) in [7, 11) is 0.